The normalized spacial score (nSPS) is 13.7. The van der Waals surface area contributed by atoms with Crippen molar-refractivity contribution in [2.75, 3.05) is 0 Å². The van der Waals surface area contributed by atoms with Gasteiger partial charge in [0.05, 0.1) is 10.9 Å². The first-order chi connectivity index (χ1) is 14.6. The van der Waals surface area contributed by atoms with E-state index in [9.17, 15) is 26.4 Å². The predicted octanol–water partition coefficient (Wildman–Crippen LogP) is 2.54. The number of rotatable bonds is 7. The highest BCUT2D eigenvalue weighted by Gasteiger charge is 2.36. The van der Waals surface area contributed by atoms with Crippen LogP contribution in [0.4, 0.5) is 13.2 Å². The van der Waals surface area contributed by atoms with Gasteiger partial charge in [-0.25, -0.2) is 36.5 Å². The molecule has 3 rings (SSSR count). The number of alkyl halides is 3. The van der Waals surface area contributed by atoms with Crippen molar-refractivity contribution in [2.45, 2.75) is 29.8 Å². The third-order valence-corrected chi connectivity index (χ3v) is 5.92. The number of benzene rings is 1. The Hall–Kier alpha value is -3.06. The number of amides is 1. The van der Waals surface area contributed by atoms with E-state index < -0.39 is 38.6 Å². The largest absolute Gasteiger partial charge is 0.342 e. The molecule has 0 radical (unpaired) electrons. The van der Waals surface area contributed by atoms with Gasteiger partial charge in [0.1, 0.15) is 6.33 Å². The number of aromatic nitrogens is 5. The second-order valence-corrected chi connectivity index (χ2v) is 8.63. The average Bonchev–Trinajstić information content (AvgIpc) is 3.23. The third-order valence-electron chi connectivity index (χ3n) is 4.01. The molecule has 14 heteroatoms. The highest BCUT2D eigenvalue weighted by atomic mass is 35.5. The zero-order valence-corrected chi connectivity index (χ0v) is 17.2. The van der Waals surface area contributed by atoms with E-state index in [1.165, 1.54) is 23.4 Å². The number of halogens is 4. The maximum Gasteiger partial charge on any atom is 0.284 e. The lowest BCUT2D eigenvalue weighted by Crippen LogP contribution is -2.29. The quantitative estimate of drug-likeness (QED) is 0.558. The molecule has 0 bridgehead atoms. The Balaban J connectivity index is 1.87. The maximum atomic E-state index is 13.5. The first-order valence-electron chi connectivity index (χ1n) is 8.56. The molecular formula is C17H14ClF3N6O3S. The number of hydrogen-bond donors (Lipinski definition) is 1. The van der Waals surface area contributed by atoms with Gasteiger partial charge in [0.15, 0.2) is 5.82 Å². The fraction of sp³-hybridized carbons (Fsp3) is 0.235. The summed E-state index contributed by atoms with van der Waals surface area (Å²) in [4.78, 5) is 23.9. The molecule has 2 aromatic heterocycles. The van der Waals surface area contributed by atoms with E-state index in [1.54, 1.807) is 13.0 Å². The van der Waals surface area contributed by atoms with E-state index in [-0.39, 0.29) is 22.4 Å². The Kier molecular flexibility index (Phi) is 6.55. The zero-order chi connectivity index (χ0) is 22.8. The second kappa shape index (κ2) is 8.98. The smallest absolute Gasteiger partial charge is 0.284 e. The van der Waals surface area contributed by atoms with Crippen molar-refractivity contribution >= 4 is 27.3 Å². The summed E-state index contributed by atoms with van der Waals surface area (Å²) in [7, 11) is -5.06. The minimum Gasteiger partial charge on any atom is -0.342 e. The Labute approximate surface area is 179 Å². The molecule has 0 spiro atoms. The van der Waals surface area contributed by atoms with Gasteiger partial charge in [-0.2, -0.15) is 9.78 Å². The molecule has 1 unspecified atom stereocenters. The lowest BCUT2D eigenvalue weighted by Gasteiger charge is -2.15. The summed E-state index contributed by atoms with van der Waals surface area (Å²) < 4.78 is 64.1. The summed E-state index contributed by atoms with van der Waals surface area (Å²) >= 11 is 5.83. The highest BCUT2D eigenvalue weighted by Crippen LogP contribution is 2.26. The molecule has 0 saturated heterocycles. The monoisotopic (exact) mass is 474 g/mol. The van der Waals surface area contributed by atoms with E-state index in [4.69, 9.17) is 11.6 Å². The van der Waals surface area contributed by atoms with Crippen molar-refractivity contribution in [1.82, 2.24) is 30.0 Å². The molecule has 1 N–H and O–H groups in total. The minimum atomic E-state index is -5.06. The molecule has 2 heterocycles. The molecule has 1 aromatic carbocycles. The van der Waals surface area contributed by atoms with E-state index in [1.807, 2.05) is 0 Å². The summed E-state index contributed by atoms with van der Waals surface area (Å²) in [6, 6.07) is 3.52. The van der Waals surface area contributed by atoms with Gasteiger partial charge in [-0.15, -0.1) is 0 Å². The van der Waals surface area contributed by atoms with Crippen LogP contribution in [0.2, 0.25) is 5.02 Å². The van der Waals surface area contributed by atoms with Crippen LogP contribution in [0.1, 0.15) is 29.1 Å². The molecule has 0 saturated carbocycles. The Morgan fingerprint density at radius 3 is 2.45 bits per heavy atom. The van der Waals surface area contributed by atoms with Gasteiger partial charge < -0.3 is 5.32 Å². The molecule has 9 nitrogen and oxygen atoms in total. The standard InChI is InChI=1S/C17H14ClF3N6O3S/c1-9(15-24-8-25-27(15)17-22-3-2-4-23-17)26-16(28)10-5-11(18)7-12(6-10)31(29,30)14(21)13(19)20/h2-9,13-14H,1H3,(H,26,28)/t9-,14?/m0/s1. The van der Waals surface area contributed by atoms with Crippen molar-refractivity contribution in [3.05, 3.63) is 59.4 Å². The van der Waals surface area contributed by atoms with Crippen LogP contribution in [-0.2, 0) is 9.84 Å². The highest BCUT2D eigenvalue weighted by molar-refractivity contribution is 7.92. The number of nitrogens with zero attached hydrogens (tertiary/aromatic N) is 5. The first-order valence-corrected chi connectivity index (χ1v) is 10.5. The molecule has 0 aliphatic rings. The lowest BCUT2D eigenvalue weighted by molar-refractivity contribution is 0.0902. The van der Waals surface area contributed by atoms with Gasteiger partial charge >= 0.3 is 0 Å². The molecular weight excluding hydrogens is 461 g/mol. The third kappa shape index (κ3) is 4.82. The van der Waals surface area contributed by atoms with Crippen molar-refractivity contribution in [2.24, 2.45) is 0 Å². The van der Waals surface area contributed by atoms with Crippen LogP contribution in [0.3, 0.4) is 0 Å². The summed E-state index contributed by atoms with van der Waals surface area (Å²) in [5.41, 5.74) is -3.73. The van der Waals surface area contributed by atoms with Crippen LogP contribution in [0.5, 0.6) is 0 Å². The summed E-state index contributed by atoms with van der Waals surface area (Å²) in [6.45, 7) is 1.57. The minimum absolute atomic E-state index is 0.202. The number of carbonyl (C=O) groups excluding carboxylic acids is 1. The first kappa shape index (κ1) is 22.6. The molecule has 164 valence electrons. The second-order valence-electron chi connectivity index (χ2n) is 6.18. The van der Waals surface area contributed by atoms with Gasteiger partial charge in [-0.05, 0) is 31.2 Å². The van der Waals surface area contributed by atoms with Crippen molar-refractivity contribution in [3.8, 4) is 5.95 Å². The van der Waals surface area contributed by atoms with Crippen molar-refractivity contribution in [1.29, 1.82) is 0 Å². The summed E-state index contributed by atoms with van der Waals surface area (Å²) in [5, 5.41) is 6.30. The number of carbonyl (C=O) groups is 1. The summed E-state index contributed by atoms with van der Waals surface area (Å²) in [6.07, 6.45) is 0.447. The Bertz CT molecular complexity index is 1190. The number of nitrogens with one attached hydrogen (secondary N) is 1. The van der Waals surface area contributed by atoms with Crippen LogP contribution in [0.15, 0.2) is 47.9 Å². The van der Waals surface area contributed by atoms with Gasteiger partial charge in [-0.1, -0.05) is 11.6 Å². The van der Waals surface area contributed by atoms with E-state index in [2.05, 4.69) is 25.4 Å². The molecule has 0 aliphatic carbocycles. The van der Waals surface area contributed by atoms with Crippen LogP contribution in [0, 0.1) is 0 Å². The van der Waals surface area contributed by atoms with Gasteiger partial charge in [0, 0.05) is 23.0 Å². The van der Waals surface area contributed by atoms with E-state index in [0.29, 0.717) is 0 Å². The SMILES string of the molecule is C[C@H](NC(=O)c1cc(Cl)cc(S(=O)(=O)C(F)C(F)F)c1)c1ncnn1-c1ncccn1. The predicted molar refractivity (Wildman–Crippen MR) is 102 cm³/mol. The molecule has 0 aliphatic heterocycles. The fourth-order valence-electron chi connectivity index (χ4n) is 2.57. The fourth-order valence-corrected chi connectivity index (χ4v) is 3.98. The number of sulfone groups is 1. The van der Waals surface area contributed by atoms with Gasteiger partial charge in [-0.3, -0.25) is 4.79 Å². The molecule has 0 fully saturated rings. The van der Waals surface area contributed by atoms with E-state index >= 15 is 0 Å². The molecule has 3 aromatic rings. The van der Waals surface area contributed by atoms with Crippen LogP contribution in [0.25, 0.3) is 5.95 Å². The lowest BCUT2D eigenvalue weighted by atomic mass is 10.2. The average molecular weight is 475 g/mol. The van der Waals surface area contributed by atoms with Gasteiger partial charge in [0.2, 0.25) is 9.84 Å². The van der Waals surface area contributed by atoms with Crippen LogP contribution < -0.4 is 5.32 Å². The van der Waals surface area contributed by atoms with Crippen LogP contribution in [-0.4, -0.2) is 51.0 Å². The molecule has 31 heavy (non-hydrogen) atoms. The molecule has 2 atom stereocenters. The topological polar surface area (TPSA) is 120 Å². The molecule has 1 amide bonds. The van der Waals surface area contributed by atoms with Gasteiger partial charge in [0.25, 0.3) is 23.8 Å². The number of hydrogen-bond acceptors (Lipinski definition) is 7. The van der Waals surface area contributed by atoms with Crippen LogP contribution >= 0.6 is 11.6 Å². The van der Waals surface area contributed by atoms with Crippen molar-refractivity contribution < 1.29 is 26.4 Å². The van der Waals surface area contributed by atoms with E-state index in [0.717, 1.165) is 18.2 Å². The Morgan fingerprint density at radius 1 is 1.13 bits per heavy atom. The maximum absolute atomic E-state index is 13.5. The van der Waals surface area contributed by atoms with Crippen molar-refractivity contribution in [3.63, 3.8) is 0 Å². The Morgan fingerprint density at radius 2 is 1.81 bits per heavy atom. The zero-order valence-electron chi connectivity index (χ0n) is 15.7. The summed E-state index contributed by atoms with van der Waals surface area (Å²) in [5.74, 6) is -0.341.